The molecular formula is C22H25N3O4. The summed E-state index contributed by atoms with van der Waals surface area (Å²) in [7, 11) is 0. The van der Waals surface area contributed by atoms with Crippen LogP contribution >= 0.6 is 0 Å². The maximum absolute atomic E-state index is 12.8. The van der Waals surface area contributed by atoms with Crippen LogP contribution in [-0.4, -0.2) is 47.5 Å². The second-order valence-electron chi connectivity index (χ2n) is 7.69. The van der Waals surface area contributed by atoms with Crippen LogP contribution in [0.1, 0.15) is 32.6 Å². The van der Waals surface area contributed by atoms with Crippen molar-refractivity contribution in [3.63, 3.8) is 0 Å². The highest BCUT2D eigenvalue weighted by Crippen LogP contribution is 2.35. The minimum Gasteiger partial charge on any atom is -0.491 e. The van der Waals surface area contributed by atoms with E-state index in [1.54, 1.807) is 6.92 Å². The van der Waals surface area contributed by atoms with Crippen molar-refractivity contribution in [1.29, 1.82) is 0 Å². The van der Waals surface area contributed by atoms with Crippen LogP contribution in [0.15, 0.2) is 42.5 Å². The number of urea groups is 1. The van der Waals surface area contributed by atoms with Crippen LogP contribution in [0.5, 0.6) is 5.75 Å². The van der Waals surface area contributed by atoms with E-state index in [0.717, 1.165) is 34.3 Å². The summed E-state index contributed by atoms with van der Waals surface area (Å²) in [5.41, 5.74) is -0.802. The van der Waals surface area contributed by atoms with Gasteiger partial charge in [0.1, 0.15) is 23.9 Å². The molecule has 1 saturated carbocycles. The molecular weight excluding hydrogens is 370 g/mol. The van der Waals surface area contributed by atoms with Gasteiger partial charge >= 0.3 is 6.03 Å². The summed E-state index contributed by atoms with van der Waals surface area (Å²) < 4.78 is 5.82. The number of imide groups is 1. The summed E-state index contributed by atoms with van der Waals surface area (Å²) in [5.74, 6) is 0.0994. The lowest BCUT2D eigenvalue weighted by Crippen LogP contribution is -2.50. The van der Waals surface area contributed by atoms with E-state index in [-0.39, 0.29) is 25.0 Å². The van der Waals surface area contributed by atoms with Gasteiger partial charge in [0.2, 0.25) is 5.91 Å². The highest BCUT2D eigenvalue weighted by atomic mass is 16.5. The van der Waals surface area contributed by atoms with Crippen LogP contribution in [0.4, 0.5) is 4.79 Å². The van der Waals surface area contributed by atoms with Gasteiger partial charge in [-0.1, -0.05) is 49.2 Å². The Morgan fingerprint density at radius 3 is 2.69 bits per heavy atom. The summed E-state index contributed by atoms with van der Waals surface area (Å²) in [6, 6.07) is 12.4. The predicted octanol–water partition coefficient (Wildman–Crippen LogP) is 2.59. The Balaban J connectivity index is 1.31. The fraction of sp³-hybridized carbons (Fsp3) is 0.409. The second kappa shape index (κ2) is 7.73. The van der Waals surface area contributed by atoms with Crippen LogP contribution in [0.2, 0.25) is 0 Å². The SMILES string of the molecule is CC(C(=O)NCCOc1cccc2ccccc12)N1C(=O)NC2(CCCC2)C1=O. The molecule has 2 fully saturated rings. The summed E-state index contributed by atoms with van der Waals surface area (Å²) in [6.45, 7) is 2.14. The lowest BCUT2D eigenvalue weighted by molar-refractivity contribution is -0.137. The summed E-state index contributed by atoms with van der Waals surface area (Å²) in [5, 5.41) is 7.66. The van der Waals surface area contributed by atoms with E-state index in [9.17, 15) is 14.4 Å². The monoisotopic (exact) mass is 395 g/mol. The van der Waals surface area contributed by atoms with Crippen LogP contribution in [0, 0.1) is 0 Å². The lowest BCUT2D eigenvalue weighted by Gasteiger charge is -2.23. The Hall–Kier alpha value is -3.09. The van der Waals surface area contributed by atoms with Gasteiger partial charge in [-0.05, 0) is 31.2 Å². The van der Waals surface area contributed by atoms with E-state index in [2.05, 4.69) is 10.6 Å². The van der Waals surface area contributed by atoms with Gasteiger partial charge in [0.05, 0.1) is 6.54 Å². The number of carbonyl (C=O) groups excluding carboxylic acids is 3. The minimum absolute atomic E-state index is 0.279. The molecule has 2 aromatic carbocycles. The van der Waals surface area contributed by atoms with Gasteiger partial charge in [-0.15, -0.1) is 0 Å². The molecule has 2 N–H and O–H groups in total. The number of rotatable bonds is 6. The Morgan fingerprint density at radius 1 is 1.17 bits per heavy atom. The van der Waals surface area contributed by atoms with Crippen molar-refractivity contribution < 1.29 is 19.1 Å². The molecule has 1 aliphatic heterocycles. The van der Waals surface area contributed by atoms with E-state index < -0.39 is 17.6 Å². The average molecular weight is 395 g/mol. The smallest absolute Gasteiger partial charge is 0.325 e. The summed E-state index contributed by atoms with van der Waals surface area (Å²) >= 11 is 0. The first-order valence-corrected chi connectivity index (χ1v) is 10.1. The number of hydrogen-bond acceptors (Lipinski definition) is 4. The molecule has 1 aliphatic carbocycles. The molecule has 1 heterocycles. The first-order chi connectivity index (χ1) is 14.0. The maximum Gasteiger partial charge on any atom is 0.325 e. The van der Waals surface area contributed by atoms with Crippen molar-refractivity contribution in [1.82, 2.24) is 15.5 Å². The van der Waals surface area contributed by atoms with Crippen molar-refractivity contribution in [3.05, 3.63) is 42.5 Å². The highest BCUT2D eigenvalue weighted by Gasteiger charge is 2.54. The maximum atomic E-state index is 12.8. The zero-order valence-electron chi connectivity index (χ0n) is 16.4. The Labute approximate surface area is 169 Å². The first-order valence-electron chi connectivity index (χ1n) is 10.1. The minimum atomic E-state index is -0.861. The fourth-order valence-electron chi connectivity index (χ4n) is 4.23. The predicted molar refractivity (Wildman–Crippen MR) is 108 cm³/mol. The van der Waals surface area contributed by atoms with Gasteiger partial charge < -0.3 is 15.4 Å². The molecule has 4 rings (SSSR count). The van der Waals surface area contributed by atoms with Gasteiger partial charge in [0.25, 0.3) is 5.91 Å². The number of amides is 4. The molecule has 7 nitrogen and oxygen atoms in total. The van der Waals surface area contributed by atoms with E-state index in [1.807, 2.05) is 42.5 Å². The van der Waals surface area contributed by atoms with Crippen molar-refractivity contribution in [2.75, 3.05) is 13.2 Å². The molecule has 4 amide bonds. The average Bonchev–Trinajstić information content (AvgIpc) is 3.29. The van der Waals surface area contributed by atoms with Crippen molar-refractivity contribution in [3.8, 4) is 5.75 Å². The Kier molecular flexibility index (Phi) is 5.13. The molecule has 1 unspecified atom stereocenters. The fourth-order valence-corrected chi connectivity index (χ4v) is 4.23. The second-order valence-corrected chi connectivity index (χ2v) is 7.69. The van der Waals surface area contributed by atoms with E-state index in [0.29, 0.717) is 12.8 Å². The number of nitrogens with zero attached hydrogens (tertiary/aromatic N) is 1. The van der Waals surface area contributed by atoms with Gasteiger partial charge in [0, 0.05) is 5.39 Å². The van der Waals surface area contributed by atoms with Crippen LogP contribution in [-0.2, 0) is 9.59 Å². The molecule has 7 heteroatoms. The quantitative estimate of drug-likeness (QED) is 0.581. The van der Waals surface area contributed by atoms with Crippen LogP contribution in [0.3, 0.4) is 0 Å². The molecule has 0 aromatic heterocycles. The summed E-state index contributed by atoms with van der Waals surface area (Å²) in [6.07, 6.45) is 3.10. The normalized spacial score (nSPS) is 18.9. The van der Waals surface area contributed by atoms with Crippen molar-refractivity contribution in [2.45, 2.75) is 44.2 Å². The lowest BCUT2D eigenvalue weighted by atomic mass is 9.97. The Morgan fingerprint density at radius 2 is 1.90 bits per heavy atom. The number of hydrogen-bond donors (Lipinski definition) is 2. The van der Waals surface area contributed by atoms with E-state index >= 15 is 0 Å². The van der Waals surface area contributed by atoms with E-state index in [4.69, 9.17) is 4.74 Å². The molecule has 2 aromatic rings. The van der Waals surface area contributed by atoms with Gasteiger partial charge in [-0.25, -0.2) is 9.69 Å². The molecule has 0 bridgehead atoms. The standard InChI is InChI=1S/C22H25N3O4/c1-15(25-20(27)22(24-21(25)28)11-4-5-12-22)19(26)23-13-14-29-18-10-6-8-16-7-2-3-9-17(16)18/h2-3,6-10,15H,4-5,11-14H2,1H3,(H,23,26)(H,24,28). The van der Waals surface area contributed by atoms with Gasteiger partial charge in [-0.2, -0.15) is 0 Å². The third-order valence-electron chi connectivity index (χ3n) is 5.83. The number of benzene rings is 2. The highest BCUT2D eigenvalue weighted by molar-refractivity contribution is 6.09. The topological polar surface area (TPSA) is 87.7 Å². The number of carbonyl (C=O) groups is 3. The van der Waals surface area contributed by atoms with Crippen LogP contribution in [0.25, 0.3) is 10.8 Å². The Bertz CT molecular complexity index is 947. The largest absolute Gasteiger partial charge is 0.491 e. The molecule has 1 saturated heterocycles. The number of fused-ring (bicyclic) bond motifs is 1. The zero-order chi connectivity index (χ0) is 20.4. The van der Waals surface area contributed by atoms with Crippen molar-refractivity contribution >= 4 is 28.6 Å². The molecule has 0 radical (unpaired) electrons. The van der Waals surface area contributed by atoms with Crippen LogP contribution < -0.4 is 15.4 Å². The molecule has 29 heavy (non-hydrogen) atoms. The summed E-state index contributed by atoms with van der Waals surface area (Å²) in [4.78, 5) is 38.7. The van der Waals surface area contributed by atoms with Gasteiger partial charge in [0.15, 0.2) is 0 Å². The molecule has 2 aliphatic rings. The van der Waals surface area contributed by atoms with Gasteiger partial charge in [-0.3, -0.25) is 9.59 Å². The number of nitrogens with one attached hydrogen (secondary N) is 2. The number of ether oxygens (including phenoxy) is 1. The first kappa shape index (κ1) is 19.2. The third kappa shape index (κ3) is 3.52. The molecule has 1 spiro atoms. The third-order valence-corrected chi connectivity index (χ3v) is 5.83. The zero-order valence-corrected chi connectivity index (χ0v) is 16.4. The molecule has 1 atom stereocenters. The molecule has 152 valence electrons. The van der Waals surface area contributed by atoms with Crippen molar-refractivity contribution in [2.24, 2.45) is 0 Å². The van der Waals surface area contributed by atoms with E-state index in [1.165, 1.54) is 0 Å².